The molecule has 0 aromatic carbocycles. The highest BCUT2D eigenvalue weighted by Crippen LogP contribution is 2.69. The summed E-state index contributed by atoms with van der Waals surface area (Å²) in [6.45, 7) is 0. The van der Waals surface area contributed by atoms with E-state index in [0.29, 0.717) is 0 Å². The van der Waals surface area contributed by atoms with Crippen molar-refractivity contribution in [2.45, 2.75) is 29.5 Å². The summed E-state index contributed by atoms with van der Waals surface area (Å²) < 4.78 is 115. The van der Waals surface area contributed by atoms with E-state index in [4.69, 9.17) is 0 Å². The van der Waals surface area contributed by atoms with Crippen LogP contribution in [0.4, 0.5) is 39.5 Å². The second-order valence-corrected chi connectivity index (χ2v) is 3.04. The number of hydrogen-bond donors (Lipinski definition) is 0. The van der Waals surface area contributed by atoms with Gasteiger partial charge < -0.3 is 4.74 Å². The monoisotopic (exact) mass is 261 g/mol. The van der Waals surface area contributed by atoms with Gasteiger partial charge in [0.25, 0.3) is 0 Å². The van der Waals surface area contributed by atoms with Crippen molar-refractivity contribution in [3.05, 3.63) is 7.11 Å². The third kappa shape index (κ3) is 0.905. The summed E-state index contributed by atoms with van der Waals surface area (Å²) in [5, 5.41) is 0. The summed E-state index contributed by atoms with van der Waals surface area (Å²) >= 11 is 0. The second kappa shape index (κ2) is 2.77. The molecule has 0 heterocycles. The summed E-state index contributed by atoms with van der Waals surface area (Å²) in [4.78, 5) is 0. The van der Waals surface area contributed by atoms with Gasteiger partial charge in [-0.25, -0.2) is 0 Å². The zero-order chi connectivity index (χ0) is 13.2. The highest BCUT2D eigenvalue weighted by Gasteiger charge is 3.01. The fourth-order valence-electron chi connectivity index (χ4n) is 1.18. The lowest BCUT2D eigenvalue weighted by Crippen LogP contribution is -2.55. The van der Waals surface area contributed by atoms with Crippen LogP contribution in [-0.2, 0) is 4.74 Å². The normalized spacial score (nSPS) is 32.6. The van der Waals surface area contributed by atoms with Crippen molar-refractivity contribution in [1.29, 1.82) is 0 Å². The topological polar surface area (TPSA) is 9.23 Å². The number of rotatable bonds is 1. The molecule has 1 radical (unpaired) electrons. The highest BCUT2D eigenvalue weighted by molar-refractivity contribution is 5.23. The second-order valence-electron chi connectivity index (χ2n) is 3.04. The molecule has 1 saturated carbocycles. The van der Waals surface area contributed by atoms with E-state index in [2.05, 4.69) is 4.74 Å². The minimum absolute atomic E-state index is 1.76. The maximum atomic E-state index is 12.8. The van der Waals surface area contributed by atoms with Gasteiger partial charge in [-0.2, -0.15) is 39.5 Å². The van der Waals surface area contributed by atoms with Crippen LogP contribution in [0, 0.1) is 7.11 Å². The molecule has 16 heavy (non-hydrogen) atoms. The summed E-state index contributed by atoms with van der Waals surface area (Å²) in [5.41, 5.74) is 0. The van der Waals surface area contributed by atoms with E-state index in [-0.39, 0.29) is 0 Å². The predicted octanol–water partition coefficient (Wildman–Crippen LogP) is 3.02. The third-order valence-corrected chi connectivity index (χ3v) is 2.19. The lowest BCUT2D eigenvalue weighted by Gasteiger charge is -2.28. The molecule has 1 fully saturated rings. The van der Waals surface area contributed by atoms with Crippen LogP contribution in [0.3, 0.4) is 0 Å². The Morgan fingerprint density at radius 3 is 0.938 bits per heavy atom. The lowest BCUT2D eigenvalue weighted by atomic mass is 10.1. The number of alkyl halides is 9. The first-order valence-corrected chi connectivity index (χ1v) is 3.44. The zero-order valence-corrected chi connectivity index (χ0v) is 7.02. The SMILES string of the molecule is [CH2]OC1(F)C(F)(F)C(F)(F)C(F)(F)C1(F)F. The zero-order valence-electron chi connectivity index (χ0n) is 7.02. The van der Waals surface area contributed by atoms with Crippen molar-refractivity contribution in [2.75, 3.05) is 0 Å². The first-order valence-electron chi connectivity index (χ1n) is 3.44. The van der Waals surface area contributed by atoms with Crippen LogP contribution < -0.4 is 0 Å². The molecule has 0 unspecified atom stereocenters. The van der Waals surface area contributed by atoms with E-state index < -0.39 is 29.5 Å². The van der Waals surface area contributed by atoms with Crippen molar-refractivity contribution < 1.29 is 44.3 Å². The Morgan fingerprint density at radius 2 is 0.812 bits per heavy atom. The average molecular weight is 261 g/mol. The van der Waals surface area contributed by atoms with Gasteiger partial charge >= 0.3 is 29.5 Å². The van der Waals surface area contributed by atoms with E-state index in [1.807, 2.05) is 0 Å². The summed E-state index contributed by atoms with van der Waals surface area (Å²) in [7, 11) is 1.76. The van der Waals surface area contributed by atoms with Crippen molar-refractivity contribution in [3.63, 3.8) is 0 Å². The molecule has 0 aliphatic heterocycles. The molecule has 1 aliphatic rings. The van der Waals surface area contributed by atoms with Gasteiger partial charge in [-0.3, -0.25) is 0 Å². The van der Waals surface area contributed by atoms with Gasteiger partial charge in [0.05, 0.1) is 7.11 Å². The Labute approximate surface area is 82.2 Å². The van der Waals surface area contributed by atoms with Gasteiger partial charge in [-0.05, 0) is 0 Å². The van der Waals surface area contributed by atoms with E-state index in [1.54, 1.807) is 7.11 Å². The molecule has 0 amide bonds. The van der Waals surface area contributed by atoms with Gasteiger partial charge in [0.1, 0.15) is 0 Å². The quantitative estimate of drug-likeness (QED) is 0.659. The molecule has 0 aromatic heterocycles. The van der Waals surface area contributed by atoms with Crippen LogP contribution in [0.25, 0.3) is 0 Å². The summed E-state index contributed by atoms with van der Waals surface area (Å²) in [5.74, 6) is -31.9. The predicted molar refractivity (Wildman–Crippen MR) is 30.1 cm³/mol. The van der Waals surface area contributed by atoms with Crippen LogP contribution in [0.15, 0.2) is 0 Å². The summed E-state index contributed by atoms with van der Waals surface area (Å²) in [6, 6.07) is 0. The number of ether oxygens (including phenoxy) is 1. The van der Waals surface area contributed by atoms with E-state index in [0.717, 1.165) is 0 Å². The fourth-order valence-corrected chi connectivity index (χ4v) is 1.18. The van der Waals surface area contributed by atoms with Crippen LogP contribution in [-0.4, -0.2) is 29.5 Å². The fraction of sp³-hybridized carbons (Fsp3) is 0.833. The summed E-state index contributed by atoms with van der Waals surface area (Å²) in [6.07, 6.45) is 0. The Bertz CT molecular complexity index is 283. The van der Waals surface area contributed by atoms with Gasteiger partial charge in [0.2, 0.25) is 0 Å². The average Bonchev–Trinajstić information content (AvgIpc) is 2.18. The minimum Gasteiger partial charge on any atom is -0.334 e. The lowest BCUT2D eigenvalue weighted by molar-refractivity contribution is -0.341. The van der Waals surface area contributed by atoms with Gasteiger partial charge in [0.15, 0.2) is 0 Å². The molecule has 0 atom stereocenters. The molecule has 0 saturated heterocycles. The molecule has 1 nitrogen and oxygen atoms in total. The number of hydrogen-bond acceptors (Lipinski definition) is 1. The Balaban J connectivity index is 3.58. The van der Waals surface area contributed by atoms with Crippen molar-refractivity contribution >= 4 is 0 Å². The molecule has 0 N–H and O–H groups in total. The van der Waals surface area contributed by atoms with E-state index in [9.17, 15) is 39.5 Å². The largest absolute Gasteiger partial charge is 0.384 e. The maximum absolute atomic E-state index is 12.8. The van der Waals surface area contributed by atoms with E-state index in [1.165, 1.54) is 0 Å². The molecule has 10 heteroatoms. The molecular formula is C6H2F9O. The third-order valence-electron chi connectivity index (χ3n) is 2.19. The number of halogens is 9. The van der Waals surface area contributed by atoms with Crippen LogP contribution >= 0.6 is 0 Å². The molecule has 0 aromatic rings. The maximum Gasteiger partial charge on any atom is 0.384 e. The van der Waals surface area contributed by atoms with E-state index >= 15 is 0 Å². The van der Waals surface area contributed by atoms with Gasteiger partial charge in [-0.15, -0.1) is 0 Å². The Kier molecular flexibility index (Phi) is 2.32. The van der Waals surface area contributed by atoms with Crippen LogP contribution in [0.1, 0.15) is 0 Å². The van der Waals surface area contributed by atoms with Crippen molar-refractivity contribution in [1.82, 2.24) is 0 Å². The molecule has 0 bridgehead atoms. The van der Waals surface area contributed by atoms with Crippen LogP contribution in [0.5, 0.6) is 0 Å². The Morgan fingerprint density at radius 1 is 0.562 bits per heavy atom. The molecule has 95 valence electrons. The van der Waals surface area contributed by atoms with Gasteiger partial charge in [0, 0.05) is 0 Å². The molecule has 1 rings (SSSR count). The molecule has 0 spiro atoms. The standard InChI is InChI=1S/C6H2F9O/c1-16-6(15)4(11,12)2(7,8)3(9,10)5(6,13)14/h1H2. The van der Waals surface area contributed by atoms with Crippen molar-refractivity contribution in [3.8, 4) is 0 Å². The van der Waals surface area contributed by atoms with Gasteiger partial charge in [-0.1, -0.05) is 0 Å². The first-order chi connectivity index (χ1) is 6.81. The first kappa shape index (κ1) is 13.4. The smallest absolute Gasteiger partial charge is 0.334 e. The molecule has 1 aliphatic carbocycles. The van der Waals surface area contributed by atoms with Crippen molar-refractivity contribution in [2.24, 2.45) is 0 Å². The molecular weight excluding hydrogens is 259 g/mol. The van der Waals surface area contributed by atoms with Crippen LogP contribution in [0.2, 0.25) is 0 Å². The Hall–Kier alpha value is -0.670. The minimum atomic E-state index is -6.60. The highest BCUT2D eigenvalue weighted by atomic mass is 19.4.